The van der Waals surface area contributed by atoms with Crippen molar-refractivity contribution >= 4 is 29.1 Å². The van der Waals surface area contributed by atoms with Crippen LogP contribution in [0.5, 0.6) is 0 Å². The lowest BCUT2D eigenvalue weighted by atomic mass is 10.1. The SMILES string of the molecule is CC(=O)c1ccc(Sc2nncn2C)cc1Cl. The van der Waals surface area contributed by atoms with Crippen molar-refractivity contribution in [1.29, 1.82) is 0 Å². The van der Waals surface area contributed by atoms with Gasteiger partial charge in [-0.25, -0.2) is 0 Å². The molecule has 0 saturated heterocycles. The van der Waals surface area contributed by atoms with Gasteiger partial charge >= 0.3 is 0 Å². The molecule has 1 heterocycles. The Hall–Kier alpha value is -1.33. The van der Waals surface area contributed by atoms with Crippen LogP contribution in [0.1, 0.15) is 17.3 Å². The predicted molar refractivity (Wildman–Crippen MR) is 66.6 cm³/mol. The van der Waals surface area contributed by atoms with E-state index in [-0.39, 0.29) is 5.78 Å². The molecule has 0 aliphatic rings. The van der Waals surface area contributed by atoms with Crippen molar-refractivity contribution in [3.63, 3.8) is 0 Å². The lowest BCUT2D eigenvalue weighted by Crippen LogP contribution is -1.93. The largest absolute Gasteiger partial charge is 0.311 e. The van der Waals surface area contributed by atoms with E-state index in [0.29, 0.717) is 10.6 Å². The Labute approximate surface area is 108 Å². The molecule has 6 heteroatoms. The van der Waals surface area contributed by atoms with E-state index >= 15 is 0 Å². The summed E-state index contributed by atoms with van der Waals surface area (Å²) >= 11 is 7.48. The van der Waals surface area contributed by atoms with Gasteiger partial charge in [-0.05, 0) is 36.9 Å². The summed E-state index contributed by atoms with van der Waals surface area (Å²) in [6, 6.07) is 5.34. The van der Waals surface area contributed by atoms with Gasteiger partial charge in [0.15, 0.2) is 10.9 Å². The Bertz CT molecular complexity index is 568. The third-order valence-electron chi connectivity index (χ3n) is 2.20. The predicted octanol–water partition coefficient (Wildman–Crippen LogP) is 2.82. The number of benzene rings is 1. The van der Waals surface area contributed by atoms with Crippen LogP contribution >= 0.6 is 23.4 Å². The van der Waals surface area contributed by atoms with Gasteiger partial charge in [-0.3, -0.25) is 4.79 Å². The first-order valence-electron chi connectivity index (χ1n) is 4.90. The minimum absolute atomic E-state index is 0.0368. The topological polar surface area (TPSA) is 47.8 Å². The number of carbonyl (C=O) groups excluding carboxylic acids is 1. The third-order valence-corrected chi connectivity index (χ3v) is 3.55. The van der Waals surface area contributed by atoms with Crippen LogP contribution in [-0.2, 0) is 7.05 Å². The average Bonchev–Trinajstić information content (AvgIpc) is 2.64. The maximum atomic E-state index is 11.2. The van der Waals surface area contributed by atoms with E-state index in [4.69, 9.17) is 11.6 Å². The molecule has 88 valence electrons. The number of hydrogen-bond acceptors (Lipinski definition) is 4. The van der Waals surface area contributed by atoms with Crippen LogP contribution in [0.25, 0.3) is 0 Å². The number of carbonyl (C=O) groups is 1. The fourth-order valence-corrected chi connectivity index (χ4v) is 2.50. The van der Waals surface area contributed by atoms with Gasteiger partial charge in [0.05, 0.1) is 5.02 Å². The minimum atomic E-state index is -0.0368. The summed E-state index contributed by atoms with van der Waals surface area (Å²) in [5, 5.41) is 8.99. The lowest BCUT2D eigenvalue weighted by molar-refractivity contribution is 0.101. The average molecular weight is 268 g/mol. The molecular weight excluding hydrogens is 258 g/mol. The Morgan fingerprint density at radius 2 is 2.24 bits per heavy atom. The molecule has 0 atom stereocenters. The van der Waals surface area contributed by atoms with Gasteiger partial charge in [0.1, 0.15) is 6.33 Å². The Morgan fingerprint density at radius 3 is 2.76 bits per heavy atom. The van der Waals surface area contributed by atoms with E-state index in [2.05, 4.69) is 10.2 Å². The molecule has 2 rings (SSSR count). The van der Waals surface area contributed by atoms with Crippen LogP contribution in [0.2, 0.25) is 5.02 Å². The van der Waals surface area contributed by atoms with Gasteiger partial charge < -0.3 is 4.57 Å². The normalized spacial score (nSPS) is 10.5. The van der Waals surface area contributed by atoms with E-state index < -0.39 is 0 Å². The van der Waals surface area contributed by atoms with Crippen molar-refractivity contribution in [2.75, 3.05) is 0 Å². The number of rotatable bonds is 3. The molecule has 0 spiro atoms. The number of Topliss-reactive ketones (excluding diaryl/α,β-unsaturated/α-hetero) is 1. The second-order valence-electron chi connectivity index (χ2n) is 3.52. The van der Waals surface area contributed by atoms with E-state index in [1.165, 1.54) is 18.7 Å². The van der Waals surface area contributed by atoms with Gasteiger partial charge in [0, 0.05) is 17.5 Å². The Kier molecular flexibility index (Phi) is 3.49. The molecule has 4 nitrogen and oxygen atoms in total. The van der Waals surface area contributed by atoms with Gasteiger partial charge in [-0.1, -0.05) is 11.6 Å². The molecule has 0 aliphatic heterocycles. The minimum Gasteiger partial charge on any atom is -0.311 e. The second kappa shape index (κ2) is 4.89. The summed E-state index contributed by atoms with van der Waals surface area (Å²) in [5.41, 5.74) is 0.536. The van der Waals surface area contributed by atoms with Gasteiger partial charge in [-0.2, -0.15) is 0 Å². The van der Waals surface area contributed by atoms with Crippen molar-refractivity contribution in [1.82, 2.24) is 14.8 Å². The highest BCUT2D eigenvalue weighted by atomic mass is 35.5. The number of aryl methyl sites for hydroxylation is 1. The first-order valence-corrected chi connectivity index (χ1v) is 6.09. The molecule has 0 fully saturated rings. The fraction of sp³-hybridized carbons (Fsp3) is 0.182. The van der Waals surface area contributed by atoms with E-state index in [0.717, 1.165) is 10.1 Å². The van der Waals surface area contributed by atoms with Gasteiger partial charge in [0.2, 0.25) is 0 Å². The number of hydrogen-bond donors (Lipinski definition) is 0. The first-order chi connectivity index (χ1) is 8.08. The second-order valence-corrected chi connectivity index (χ2v) is 4.97. The Balaban J connectivity index is 2.27. The summed E-state index contributed by atoms with van der Waals surface area (Å²) in [4.78, 5) is 12.2. The van der Waals surface area contributed by atoms with Gasteiger partial charge in [-0.15, -0.1) is 10.2 Å². The van der Waals surface area contributed by atoms with Crippen molar-refractivity contribution in [2.24, 2.45) is 7.05 Å². The highest BCUT2D eigenvalue weighted by Crippen LogP contribution is 2.29. The van der Waals surface area contributed by atoms with E-state index in [1.807, 2.05) is 17.7 Å². The van der Waals surface area contributed by atoms with Crippen LogP contribution in [0.15, 0.2) is 34.6 Å². The van der Waals surface area contributed by atoms with E-state index in [1.54, 1.807) is 18.5 Å². The molecule has 1 aromatic heterocycles. The molecule has 0 amide bonds. The first kappa shape index (κ1) is 12.1. The zero-order valence-electron chi connectivity index (χ0n) is 9.35. The highest BCUT2D eigenvalue weighted by Gasteiger charge is 2.08. The van der Waals surface area contributed by atoms with Crippen molar-refractivity contribution in [3.05, 3.63) is 35.1 Å². The van der Waals surface area contributed by atoms with Crippen LogP contribution in [0.4, 0.5) is 0 Å². The molecule has 0 radical (unpaired) electrons. The zero-order chi connectivity index (χ0) is 12.4. The summed E-state index contributed by atoms with van der Waals surface area (Å²) in [6.07, 6.45) is 1.63. The van der Waals surface area contributed by atoms with E-state index in [9.17, 15) is 4.79 Å². The molecule has 2 aromatic rings. The molecular formula is C11H10ClN3OS. The molecule has 0 saturated carbocycles. The smallest absolute Gasteiger partial charge is 0.195 e. The quantitative estimate of drug-likeness (QED) is 0.803. The monoisotopic (exact) mass is 267 g/mol. The molecule has 0 unspecified atom stereocenters. The van der Waals surface area contributed by atoms with Crippen LogP contribution in [0.3, 0.4) is 0 Å². The molecule has 0 aliphatic carbocycles. The highest BCUT2D eigenvalue weighted by molar-refractivity contribution is 7.99. The number of halogens is 1. The number of ketones is 1. The number of aromatic nitrogens is 3. The summed E-state index contributed by atoms with van der Waals surface area (Å²) < 4.78 is 1.82. The number of nitrogens with zero attached hydrogens (tertiary/aromatic N) is 3. The molecule has 0 bridgehead atoms. The molecule has 17 heavy (non-hydrogen) atoms. The fourth-order valence-electron chi connectivity index (χ4n) is 1.32. The van der Waals surface area contributed by atoms with Crippen LogP contribution in [-0.4, -0.2) is 20.5 Å². The summed E-state index contributed by atoms with van der Waals surface area (Å²) in [5.74, 6) is -0.0368. The Morgan fingerprint density at radius 1 is 1.47 bits per heavy atom. The summed E-state index contributed by atoms with van der Waals surface area (Å²) in [7, 11) is 1.87. The van der Waals surface area contributed by atoms with Gasteiger partial charge in [0.25, 0.3) is 0 Å². The zero-order valence-corrected chi connectivity index (χ0v) is 10.9. The standard InChI is InChI=1S/C11H10ClN3OS/c1-7(16)9-4-3-8(5-10(9)12)17-11-14-13-6-15(11)2/h3-6H,1-2H3. The molecule has 0 N–H and O–H groups in total. The third kappa shape index (κ3) is 2.68. The van der Waals surface area contributed by atoms with Crippen molar-refractivity contribution < 1.29 is 4.79 Å². The maximum absolute atomic E-state index is 11.2. The summed E-state index contributed by atoms with van der Waals surface area (Å²) in [6.45, 7) is 1.50. The van der Waals surface area contributed by atoms with Crippen LogP contribution < -0.4 is 0 Å². The van der Waals surface area contributed by atoms with Crippen molar-refractivity contribution in [3.8, 4) is 0 Å². The molecule has 1 aromatic carbocycles. The maximum Gasteiger partial charge on any atom is 0.195 e. The van der Waals surface area contributed by atoms with Crippen LogP contribution in [0, 0.1) is 0 Å². The lowest BCUT2D eigenvalue weighted by Gasteiger charge is -2.04. The van der Waals surface area contributed by atoms with Crippen molar-refractivity contribution in [2.45, 2.75) is 17.0 Å².